The highest BCUT2D eigenvalue weighted by atomic mass is 35.5. The fourth-order valence-corrected chi connectivity index (χ4v) is 2.00. The molecule has 1 rings (SSSR count). The van der Waals surface area contributed by atoms with Crippen molar-refractivity contribution in [3.8, 4) is 0 Å². The van der Waals surface area contributed by atoms with Crippen molar-refractivity contribution in [3.05, 3.63) is 31.0 Å². The molecule has 0 saturated heterocycles. The van der Waals surface area contributed by atoms with Crippen molar-refractivity contribution in [1.82, 2.24) is 4.98 Å². The molecule has 0 amide bonds. The van der Waals surface area contributed by atoms with Crippen LogP contribution in [-0.4, -0.2) is 22.5 Å². The first-order valence-corrected chi connectivity index (χ1v) is 5.39. The molecule has 0 aromatic carbocycles. The lowest BCUT2D eigenvalue weighted by atomic mass is 10.2. The van der Waals surface area contributed by atoms with Gasteiger partial charge in [-0.25, -0.2) is 9.78 Å². The predicted molar refractivity (Wildman–Crippen MR) is 61.9 cm³/mol. The molecule has 0 unspecified atom stereocenters. The molecule has 0 N–H and O–H groups in total. The van der Waals surface area contributed by atoms with E-state index in [4.69, 9.17) is 34.8 Å². The number of hydrogen-bond donors (Lipinski definition) is 0. The lowest BCUT2D eigenvalue weighted by Crippen LogP contribution is -2.09. The third kappa shape index (κ3) is 2.77. The molecule has 0 bridgehead atoms. The maximum atomic E-state index is 11.5. The minimum atomic E-state index is -0.894. The molecule has 0 aliphatic carbocycles. The number of ether oxygens (including phenoxy) is 1. The molecule has 0 radical (unpaired) electrons. The number of hydrogen-bond acceptors (Lipinski definition) is 5. The maximum absolute atomic E-state index is 11.5. The van der Waals surface area contributed by atoms with Gasteiger partial charge < -0.3 is 4.74 Å². The van der Waals surface area contributed by atoms with Crippen LogP contribution >= 0.6 is 34.8 Å². The molecule has 6 nitrogen and oxygen atoms in total. The fraction of sp³-hybridized carbons (Fsp3) is 0.250. The molecule has 0 fully saturated rings. The van der Waals surface area contributed by atoms with Gasteiger partial charge in [-0.05, 0) is 6.92 Å². The molecule has 17 heavy (non-hydrogen) atoms. The number of halogens is 3. The van der Waals surface area contributed by atoms with Crippen LogP contribution in [0.15, 0.2) is 0 Å². The number of carbonyl (C=O) groups is 1. The van der Waals surface area contributed by atoms with Crippen molar-refractivity contribution in [3.63, 3.8) is 0 Å². The molecule has 9 heteroatoms. The Hall–Kier alpha value is -1.11. The molecule has 1 aromatic rings. The van der Waals surface area contributed by atoms with Crippen LogP contribution in [-0.2, 0) is 4.74 Å². The van der Waals surface area contributed by atoms with Gasteiger partial charge >= 0.3 is 11.7 Å². The Labute approximate surface area is 111 Å². The van der Waals surface area contributed by atoms with Gasteiger partial charge in [-0.3, -0.25) is 10.1 Å². The highest BCUT2D eigenvalue weighted by Crippen LogP contribution is 2.37. The lowest BCUT2D eigenvalue weighted by molar-refractivity contribution is -0.384. The first-order valence-electron chi connectivity index (χ1n) is 4.26. The molecule has 0 aliphatic heterocycles. The molecule has 0 aliphatic rings. The van der Waals surface area contributed by atoms with Crippen molar-refractivity contribution in [2.75, 3.05) is 6.61 Å². The van der Waals surface area contributed by atoms with E-state index in [0.717, 1.165) is 0 Å². The summed E-state index contributed by atoms with van der Waals surface area (Å²) >= 11 is 16.8. The summed E-state index contributed by atoms with van der Waals surface area (Å²) in [5, 5.41) is 9.37. The summed E-state index contributed by atoms with van der Waals surface area (Å²) in [6.45, 7) is 1.64. The smallest absolute Gasteiger partial charge is 0.343 e. The first-order chi connectivity index (χ1) is 7.90. The molecule has 92 valence electrons. The molecule has 0 spiro atoms. The van der Waals surface area contributed by atoms with Crippen molar-refractivity contribution in [1.29, 1.82) is 0 Å². The van der Waals surface area contributed by atoms with Crippen LogP contribution in [0.4, 0.5) is 5.69 Å². The third-order valence-corrected chi connectivity index (χ3v) is 2.59. The van der Waals surface area contributed by atoms with Crippen LogP contribution in [0.5, 0.6) is 0 Å². The number of carbonyl (C=O) groups excluding carboxylic acids is 1. The van der Waals surface area contributed by atoms with E-state index in [1.54, 1.807) is 6.92 Å². The Morgan fingerprint density at radius 1 is 1.41 bits per heavy atom. The van der Waals surface area contributed by atoms with E-state index in [0.29, 0.717) is 0 Å². The molecular formula is C8H5Cl3N2O4. The Morgan fingerprint density at radius 3 is 2.47 bits per heavy atom. The largest absolute Gasteiger partial charge is 0.462 e. The zero-order chi connectivity index (χ0) is 13.2. The summed E-state index contributed by atoms with van der Waals surface area (Å²) < 4.78 is 4.65. The van der Waals surface area contributed by atoms with Gasteiger partial charge in [0.05, 0.1) is 11.5 Å². The summed E-state index contributed by atoms with van der Waals surface area (Å²) in [6.07, 6.45) is 0. The van der Waals surface area contributed by atoms with E-state index in [1.165, 1.54) is 0 Å². The predicted octanol–water partition coefficient (Wildman–Crippen LogP) is 3.13. The molecular weight excluding hydrogens is 294 g/mol. The van der Waals surface area contributed by atoms with Crippen molar-refractivity contribution in [2.45, 2.75) is 6.92 Å². The number of esters is 1. The Bertz CT molecular complexity index is 492. The second-order valence-electron chi connectivity index (χ2n) is 2.71. The van der Waals surface area contributed by atoms with Crippen molar-refractivity contribution in [2.24, 2.45) is 0 Å². The summed E-state index contributed by atoms with van der Waals surface area (Å²) in [7, 11) is 0. The highest BCUT2D eigenvalue weighted by Gasteiger charge is 2.29. The number of nitro groups is 1. The average Bonchev–Trinajstić information content (AvgIpc) is 2.15. The van der Waals surface area contributed by atoms with Crippen LogP contribution in [0.2, 0.25) is 15.3 Å². The summed E-state index contributed by atoms with van der Waals surface area (Å²) in [6, 6.07) is 0. The number of aromatic nitrogens is 1. The Balaban J connectivity index is 3.46. The quantitative estimate of drug-likeness (QED) is 0.370. The average molecular weight is 299 g/mol. The van der Waals surface area contributed by atoms with Crippen LogP contribution in [0.1, 0.15) is 17.3 Å². The fourth-order valence-electron chi connectivity index (χ4n) is 1.03. The van der Waals surface area contributed by atoms with E-state index in [-0.39, 0.29) is 17.3 Å². The van der Waals surface area contributed by atoms with Gasteiger partial charge in [0.2, 0.25) is 5.15 Å². The molecule has 1 heterocycles. The van der Waals surface area contributed by atoms with Gasteiger partial charge in [0.1, 0.15) is 15.7 Å². The standard InChI is InChI=1S/C8H5Cl3N2O4/c1-2-17-8(14)3-4(9)5(13(15)16)7(11)12-6(3)10/h2H2,1H3. The van der Waals surface area contributed by atoms with Crippen LogP contribution in [0.3, 0.4) is 0 Å². The van der Waals surface area contributed by atoms with Crippen LogP contribution in [0.25, 0.3) is 0 Å². The van der Waals surface area contributed by atoms with Gasteiger partial charge in [0, 0.05) is 0 Å². The van der Waals surface area contributed by atoms with E-state index < -0.39 is 26.8 Å². The van der Waals surface area contributed by atoms with Gasteiger partial charge in [0.25, 0.3) is 0 Å². The van der Waals surface area contributed by atoms with E-state index >= 15 is 0 Å². The monoisotopic (exact) mass is 298 g/mol. The third-order valence-electron chi connectivity index (χ3n) is 1.69. The van der Waals surface area contributed by atoms with Crippen LogP contribution < -0.4 is 0 Å². The maximum Gasteiger partial charge on any atom is 0.343 e. The summed E-state index contributed by atoms with van der Waals surface area (Å²) in [4.78, 5) is 24.8. The number of rotatable bonds is 3. The van der Waals surface area contributed by atoms with E-state index in [2.05, 4.69) is 9.72 Å². The first kappa shape index (κ1) is 14.0. The van der Waals surface area contributed by atoms with Crippen molar-refractivity contribution < 1.29 is 14.5 Å². The minimum Gasteiger partial charge on any atom is -0.462 e. The van der Waals surface area contributed by atoms with Crippen molar-refractivity contribution >= 4 is 46.5 Å². The molecule has 0 atom stereocenters. The summed E-state index contributed by atoms with van der Waals surface area (Å²) in [5.41, 5.74) is -1.05. The topological polar surface area (TPSA) is 82.3 Å². The highest BCUT2D eigenvalue weighted by molar-refractivity contribution is 6.42. The van der Waals surface area contributed by atoms with E-state index in [9.17, 15) is 14.9 Å². The Morgan fingerprint density at radius 2 is 2.00 bits per heavy atom. The van der Waals surface area contributed by atoms with Gasteiger partial charge in [-0.2, -0.15) is 0 Å². The second kappa shape index (κ2) is 5.48. The normalized spacial score (nSPS) is 10.1. The van der Waals surface area contributed by atoms with E-state index in [1.807, 2.05) is 0 Å². The Kier molecular flexibility index (Phi) is 4.50. The molecule has 0 saturated carbocycles. The van der Waals surface area contributed by atoms with Gasteiger partial charge in [-0.15, -0.1) is 0 Å². The van der Waals surface area contributed by atoms with Crippen LogP contribution in [0, 0.1) is 10.1 Å². The summed E-state index contributed by atoms with van der Waals surface area (Å²) in [5.74, 6) is -0.894. The zero-order valence-corrected chi connectivity index (χ0v) is 10.6. The zero-order valence-electron chi connectivity index (χ0n) is 8.37. The number of pyridine rings is 1. The minimum absolute atomic E-state index is 0.0713. The number of nitrogens with zero attached hydrogens (tertiary/aromatic N) is 2. The van der Waals surface area contributed by atoms with Gasteiger partial charge in [-0.1, -0.05) is 34.8 Å². The second-order valence-corrected chi connectivity index (χ2v) is 3.80. The SMILES string of the molecule is CCOC(=O)c1c(Cl)nc(Cl)c([N+](=O)[O-])c1Cl. The molecule has 1 aromatic heterocycles. The lowest BCUT2D eigenvalue weighted by Gasteiger charge is -2.06. The van der Waals surface area contributed by atoms with Gasteiger partial charge in [0.15, 0.2) is 0 Å².